The Morgan fingerprint density at radius 2 is 2.21 bits per heavy atom. The lowest BCUT2D eigenvalue weighted by Crippen LogP contribution is -2.18. The van der Waals surface area contributed by atoms with Crippen LogP contribution in [0.5, 0.6) is 0 Å². The molecule has 0 spiro atoms. The van der Waals surface area contributed by atoms with Gasteiger partial charge in [-0.1, -0.05) is 13.8 Å². The number of aliphatic hydroxyl groups excluding tert-OH is 1. The van der Waals surface area contributed by atoms with E-state index in [4.69, 9.17) is 0 Å². The molecule has 0 bridgehead atoms. The number of nitrogens with zero attached hydrogens (tertiary/aromatic N) is 2. The normalized spacial score (nSPS) is 15.4. The van der Waals surface area contributed by atoms with E-state index in [0.29, 0.717) is 5.92 Å². The monoisotopic (exact) mass is 196 g/mol. The third-order valence-electron chi connectivity index (χ3n) is 2.64. The number of hydrogen-bond donors (Lipinski definition) is 1. The van der Waals surface area contributed by atoms with Crippen LogP contribution in [0, 0.1) is 5.92 Å². The van der Waals surface area contributed by atoms with Gasteiger partial charge in [-0.2, -0.15) is 5.10 Å². The van der Waals surface area contributed by atoms with Gasteiger partial charge in [-0.3, -0.25) is 4.68 Å². The molecule has 2 unspecified atom stereocenters. The summed E-state index contributed by atoms with van der Waals surface area (Å²) in [5.74, 6) is 0.314. The van der Waals surface area contributed by atoms with Crippen molar-refractivity contribution >= 4 is 0 Å². The Labute approximate surface area is 85.8 Å². The summed E-state index contributed by atoms with van der Waals surface area (Å²) in [4.78, 5) is 0. The van der Waals surface area contributed by atoms with E-state index in [1.165, 1.54) is 5.56 Å². The number of aromatic nitrogens is 2. The van der Waals surface area contributed by atoms with Gasteiger partial charge in [0, 0.05) is 12.7 Å². The highest BCUT2D eigenvalue weighted by molar-refractivity contribution is 5.05. The molecule has 1 rings (SSSR count). The van der Waals surface area contributed by atoms with Crippen molar-refractivity contribution in [1.82, 2.24) is 9.78 Å². The quantitative estimate of drug-likeness (QED) is 0.780. The van der Waals surface area contributed by atoms with E-state index in [1.807, 2.05) is 17.8 Å². The van der Waals surface area contributed by atoms with Gasteiger partial charge in [-0.15, -0.1) is 0 Å². The van der Waals surface area contributed by atoms with Crippen molar-refractivity contribution in [3.63, 3.8) is 0 Å². The van der Waals surface area contributed by atoms with E-state index in [2.05, 4.69) is 25.1 Å². The van der Waals surface area contributed by atoms with Gasteiger partial charge in [0.25, 0.3) is 0 Å². The zero-order valence-corrected chi connectivity index (χ0v) is 9.27. The average Bonchev–Trinajstić information content (AvgIpc) is 2.64. The summed E-state index contributed by atoms with van der Waals surface area (Å²) in [6, 6.07) is 0. The van der Waals surface area contributed by atoms with Gasteiger partial charge >= 0.3 is 0 Å². The molecule has 80 valence electrons. The third-order valence-corrected chi connectivity index (χ3v) is 2.64. The summed E-state index contributed by atoms with van der Waals surface area (Å²) in [7, 11) is 0. The van der Waals surface area contributed by atoms with Crippen LogP contribution in [0.3, 0.4) is 0 Å². The molecule has 1 aromatic rings. The maximum atomic E-state index is 9.62. The maximum absolute atomic E-state index is 9.62. The van der Waals surface area contributed by atoms with Crippen molar-refractivity contribution in [3.8, 4) is 0 Å². The molecule has 1 N–H and O–H groups in total. The van der Waals surface area contributed by atoms with Crippen LogP contribution in [0.2, 0.25) is 0 Å². The Balaban J connectivity index is 2.51. The van der Waals surface area contributed by atoms with Crippen LogP contribution in [-0.4, -0.2) is 21.0 Å². The Morgan fingerprint density at radius 3 is 2.71 bits per heavy atom. The Morgan fingerprint density at radius 1 is 1.50 bits per heavy atom. The van der Waals surface area contributed by atoms with E-state index in [9.17, 15) is 5.11 Å². The molecule has 0 radical (unpaired) electrons. The predicted octanol–water partition coefficient (Wildman–Crippen LogP) is 1.85. The summed E-state index contributed by atoms with van der Waals surface area (Å²) in [6.45, 7) is 7.07. The highest BCUT2D eigenvalue weighted by Gasteiger charge is 2.13. The smallest absolute Gasteiger partial charge is 0.0566 e. The van der Waals surface area contributed by atoms with Crippen molar-refractivity contribution in [2.75, 3.05) is 0 Å². The third kappa shape index (κ3) is 2.84. The van der Waals surface area contributed by atoms with Gasteiger partial charge in [0.1, 0.15) is 0 Å². The highest BCUT2D eigenvalue weighted by atomic mass is 16.3. The number of aliphatic hydroxyl groups is 1. The molecule has 0 amide bonds. The van der Waals surface area contributed by atoms with Crippen molar-refractivity contribution in [3.05, 3.63) is 18.0 Å². The molecular formula is C11H20N2O. The zero-order valence-electron chi connectivity index (χ0n) is 9.27. The number of rotatable bonds is 5. The summed E-state index contributed by atoms with van der Waals surface area (Å²) in [5, 5.41) is 13.8. The largest absolute Gasteiger partial charge is 0.393 e. The number of aryl methyl sites for hydroxylation is 1. The highest BCUT2D eigenvalue weighted by Crippen LogP contribution is 2.13. The van der Waals surface area contributed by atoms with Gasteiger partial charge in [0.2, 0.25) is 0 Å². The van der Waals surface area contributed by atoms with E-state index >= 15 is 0 Å². The van der Waals surface area contributed by atoms with Crippen molar-refractivity contribution in [2.24, 2.45) is 5.92 Å². The standard InChI is InChI=1S/C11H20N2O/c1-4-11(14)9(3)6-10-7-12-13(5-2)8-10/h7-9,11,14H,4-6H2,1-3H3. The molecule has 1 heterocycles. The second kappa shape index (κ2) is 5.15. The first-order valence-electron chi connectivity index (χ1n) is 5.36. The van der Waals surface area contributed by atoms with Gasteiger partial charge in [0.05, 0.1) is 12.3 Å². The van der Waals surface area contributed by atoms with Crippen LogP contribution in [0.15, 0.2) is 12.4 Å². The molecule has 1 aromatic heterocycles. The first-order chi connectivity index (χ1) is 6.67. The first kappa shape index (κ1) is 11.2. The minimum Gasteiger partial charge on any atom is -0.393 e. The molecule has 14 heavy (non-hydrogen) atoms. The van der Waals surface area contributed by atoms with Crippen molar-refractivity contribution in [1.29, 1.82) is 0 Å². The second-order valence-corrected chi connectivity index (χ2v) is 3.86. The van der Waals surface area contributed by atoms with E-state index in [1.54, 1.807) is 0 Å². The fraction of sp³-hybridized carbons (Fsp3) is 0.727. The molecule has 2 atom stereocenters. The predicted molar refractivity (Wildman–Crippen MR) is 57.1 cm³/mol. The molecular weight excluding hydrogens is 176 g/mol. The summed E-state index contributed by atoms with van der Waals surface area (Å²) in [5.41, 5.74) is 1.21. The van der Waals surface area contributed by atoms with Gasteiger partial charge in [-0.25, -0.2) is 0 Å². The summed E-state index contributed by atoms with van der Waals surface area (Å²) >= 11 is 0. The molecule has 0 aromatic carbocycles. The first-order valence-corrected chi connectivity index (χ1v) is 5.36. The minimum absolute atomic E-state index is 0.194. The Hall–Kier alpha value is -0.830. The van der Waals surface area contributed by atoms with E-state index in [0.717, 1.165) is 19.4 Å². The van der Waals surface area contributed by atoms with Crippen molar-refractivity contribution < 1.29 is 5.11 Å². The van der Waals surface area contributed by atoms with Crippen LogP contribution in [0.4, 0.5) is 0 Å². The molecule has 0 saturated carbocycles. The fourth-order valence-electron chi connectivity index (χ4n) is 1.59. The molecule has 0 aliphatic heterocycles. The summed E-state index contributed by atoms with van der Waals surface area (Å²) in [6.07, 6.45) is 5.49. The van der Waals surface area contributed by atoms with Gasteiger partial charge in [-0.05, 0) is 31.2 Å². The van der Waals surface area contributed by atoms with Crippen LogP contribution >= 0.6 is 0 Å². The van der Waals surface area contributed by atoms with Gasteiger partial charge in [0.15, 0.2) is 0 Å². The Kier molecular flexibility index (Phi) is 4.14. The lowest BCUT2D eigenvalue weighted by Gasteiger charge is -2.15. The fourth-order valence-corrected chi connectivity index (χ4v) is 1.59. The molecule has 3 nitrogen and oxygen atoms in total. The van der Waals surface area contributed by atoms with E-state index < -0.39 is 0 Å². The maximum Gasteiger partial charge on any atom is 0.0566 e. The van der Waals surface area contributed by atoms with Crippen molar-refractivity contribution in [2.45, 2.75) is 46.3 Å². The van der Waals surface area contributed by atoms with Crippen LogP contribution < -0.4 is 0 Å². The van der Waals surface area contributed by atoms with Crippen LogP contribution in [0.1, 0.15) is 32.8 Å². The van der Waals surface area contributed by atoms with Crippen LogP contribution in [-0.2, 0) is 13.0 Å². The Bertz CT molecular complexity index is 270. The number of hydrogen-bond acceptors (Lipinski definition) is 2. The summed E-state index contributed by atoms with van der Waals surface area (Å²) < 4.78 is 1.92. The SMILES string of the molecule is CCC(O)C(C)Cc1cnn(CC)c1. The molecule has 0 aliphatic carbocycles. The second-order valence-electron chi connectivity index (χ2n) is 3.86. The lowest BCUT2D eigenvalue weighted by molar-refractivity contribution is 0.113. The molecule has 0 aliphatic rings. The average molecular weight is 196 g/mol. The van der Waals surface area contributed by atoms with Gasteiger partial charge < -0.3 is 5.11 Å². The molecule has 0 saturated heterocycles. The minimum atomic E-state index is -0.194. The molecule has 3 heteroatoms. The van der Waals surface area contributed by atoms with E-state index in [-0.39, 0.29) is 6.10 Å². The van der Waals surface area contributed by atoms with Crippen LogP contribution in [0.25, 0.3) is 0 Å². The molecule has 0 fully saturated rings. The lowest BCUT2D eigenvalue weighted by atomic mass is 9.96. The zero-order chi connectivity index (χ0) is 10.6. The topological polar surface area (TPSA) is 38.1 Å².